The van der Waals surface area contributed by atoms with Crippen molar-refractivity contribution in [2.75, 3.05) is 12.0 Å². The van der Waals surface area contributed by atoms with Gasteiger partial charge in [0.2, 0.25) is 0 Å². The number of benzene rings is 2. The maximum Gasteiger partial charge on any atom is 0.301 e. The van der Waals surface area contributed by atoms with Gasteiger partial charge in [-0.05, 0) is 35.9 Å². The Bertz CT molecular complexity index is 1370. The molecule has 0 spiro atoms. The molecule has 1 atom stereocenters. The van der Waals surface area contributed by atoms with Gasteiger partial charge in [-0.15, -0.1) is 0 Å². The van der Waals surface area contributed by atoms with Crippen LogP contribution in [0.4, 0.5) is 5.13 Å². The van der Waals surface area contributed by atoms with Gasteiger partial charge in [0.25, 0.3) is 5.78 Å². The van der Waals surface area contributed by atoms with E-state index in [9.17, 15) is 14.7 Å². The molecular formula is C24H17N3O4S. The van der Waals surface area contributed by atoms with Crippen LogP contribution < -0.4 is 9.64 Å². The molecule has 1 unspecified atom stereocenters. The molecule has 0 saturated carbocycles. The highest BCUT2D eigenvalue weighted by Crippen LogP contribution is 2.44. The van der Waals surface area contributed by atoms with Crippen LogP contribution >= 0.6 is 11.3 Å². The van der Waals surface area contributed by atoms with E-state index < -0.39 is 17.7 Å². The number of methoxy groups -OCH3 is 1. The Morgan fingerprint density at radius 1 is 1.09 bits per heavy atom. The highest BCUT2D eigenvalue weighted by atomic mass is 32.1. The van der Waals surface area contributed by atoms with E-state index >= 15 is 0 Å². The second-order valence-electron chi connectivity index (χ2n) is 7.15. The number of aliphatic hydroxyl groups is 1. The number of nitrogens with zero attached hydrogens (tertiary/aromatic N) is 3. The first-order valence-corrected chi connectivity index (χ1v) is 10.6. The minimum Gasteiger partial charge on any atom is -0.507 e. The normalized spacial score (nSPS) is 17.8. The van der Waals surface area contributed by atoms with Crippen molar-refractivity contribution < 1.29 is 19.4 Å². The van der Waals surface area contributed by atoms with E-state index in [1.165, 1.54) is 22.4 Å². The van der Waals surface area contributed by atoms with Gasteiger partial charge in [0, 0.05) is 18.0 Å². The molecule has 4 aromatic rings. The van der Waals surface area contributed by atoms with Gasteiger partial charge in [0.15, 0.2) is 5.13 Å². The minimum absolute atomic E-state index is 0.00559. The average molecular weight is 443 g/mol. The van der Waals surface area contributed by atoms with Crippen LogP contribution in [0.15, 0.2) is 78.6 Å². The Kier molecular flexibility index (Phi) is 4.91. The maximum atomic E-state index is 13.2. The lowest BCUT2D eigenvalue weighted by molar-refractivity contribution is -0.132. The standard InChI is InChI=1S/C24H17N3O4S/c1-31-16-9-10-17-18(12-16)32-24(26-17)27-20(14-6-3-2-4-7-14)19(22(29)23(27)30)21(28)15-8-5-11-25-13-15/h2-13,20,28H,1H3/b21-19+. The molecule has 32 heavy (non-hydrogen) atoms. The van der Waals surface area contributed by atoms with Gasteiger partial charge in [0.05, 0.1) is 28.9 Å². The highest BCUT2D eigenvalue weighted by molar-refractivity contribution is 7.22. The number of amides is 1. The Hall–Kier alpha value is -4.04. The largest absolute Gasteiger partial charge is 0.507 e. The highest BCUT2D eigenvalue weighted by Gasteiger charge is 2.48. The summed E-state index contributed by atoms with van der Waals surface area (Å²) in [5.41, 5.74) is 1.74. The number of carbonyl (C=O) groups excluding carboxylic acids is 2. The zero-order valence-electron chi connectivity index (χ0n) is 16.9. The van der Waals surface area contributed by atoms with Gasteiger partial charge in [-0.25, -0.2) is 4.98 Å². The number of fused-ring (bicyclic) bond motifs is 1. The number of aliphatic hydroxyl groups excluding tert-OH is 1. The van der Waals surface area contributed by atoms with Crippen molar-refractivity contribution in [3.05, 3.63) is 89.8 Å². The van der Waals surface area contributed by atoms with Gasteiger partial charge < -0.3 is 9.84 Å². The number of hydrogen-bond donors (Lipinski definition) is 1. The zero-order chi connectivity index (χ0) is 22.2. The van der Waals surface area contributed by atoms with Crippen molar-refractivity contribution in [2.24, 2.45) is 0 Å². The molecule has 5 rings (SSSR count). The number of ketones is 1. The smallest absolute Gasteiger partial charge is 0.301 e. The molecule has 1 amide bonds. The first-order chi connectivity index (χ1) is 15.6. The van der Waals surface area contributed by atoms with E-state index in [0.29, 0.717) is 27.5 Å². The molecule has 1 aliphatic heterocycles. The molecule has 0 bridgehead atoms. The number of thiazole rings is 1. The molecule has 2 aromatic heterocycles. The van der Waals surface area contributed by atoms with Crippen LogP contribution in [0.5, 0.6) is 5.75 Å². The van der Waals surface area contributed by atoms with Crippen LogP contribution in [-0.4, -0.2) is 33.9 Å². The van der Waals surface area contributed by atoms with Crippen LogP contribution in [0.1, 0.15) is 17.2 Å². The molecule has 8 heteroatoms. The topological polar surface area (TPSA) is 92.6 Å². The van der Waals surface area contributed by atoms with Gasteiger partial charge in [-0.3, -0.25) is 19.5 Å². The number of anilines is 1. The van der Waals surface area contributed by atoms with Crippen LogP contribution in [-0.2, 0) is 9.59 Å². The van der Waals surface area contributed by atoms with Gasteiger partial charge in [0.1, 0.15) is 11.5 Å². The Morgan fingerprint density at radius 3 is 2.62 bits per heavy atom. The summed E-state index contributed by atoms with van der Waals surface area (Å²) in [6.45, 7) is 0. The van der Waals surface area contributed by atoms with Crippen LogP contribution in [0.2, 0.25) is 0 Å². The summed E-state index contributed by atoms with van der Waals surface area (Å²) in [5.74, 6) is -1.10. The van der Waals surface area contributed by atoms with Crippen molar-refractivity contribution in [3.8, 4) is 5.75 Å². The van der Waals surface area contributed by atoms with E-state index in [1.54, 1.807) is 37.6 Å². The lowest BCUT2D eigenvalue weighted by Crippen LogP contribution is -2.29. The Morgan fingerprint density at radius 2 is 1.91 bits per heavy atom. The number of ether oxygens (including phenoxy) is 1. The summed E-state index contributed by atoms with van der Waals surface area (Å²) in [6.07, 6.45) is 3.02. The van der Waals surface area contributed by atoms with Crippen LogP contribution in [0.3, 0.4) is 0 Å². The fourth-order valence-corrected chi connectivity index (χ4v) is 4.78. The summed E-state index contributed by atoms with van der Waals surface area (Å²) >= 11 is 1.28. The number of Topliss-reactive ketones (excluding diaryl/α,β-unsaturated/α-hetero) is 1. The number of pyridine rings is 1. The van der Waals surface area contributed by atoms with Crippen molar-refractivity contribution in [1.29, 1.82) is 0 Å². The predicted molar refractivity (Wildman–Crippen MR) is 122 cm³/mol. The molecule has 158 valence electrons. The number of carbonyl (C=O) groups is 2. The molecule has 0 radical (unpaired) electrons. The van der Waals surface area contributed by atoms with E-state index in [4.69, 9.17) is 4.74 Å². The van der Waals surface area contributed by atoms with Crippen molar-refractivity contribution in [1.82, 2.24) is 9.97 Å². The lowest BCUT2D eigenvalue weighted by Gasteiger charge is -2.22. The lowest BCUT2D eigenvalue weighted by atomic mass is 9.96. The van der Waals surface area contributed by atoms with Gasteiger partial charge in [-0.1, -0.05) is 41.7 Å². The molecule has 1 N–H and O–H groups in total. The van der Waals surface area contributed by atoms with Crippen molar-refractivity contribution in [2.45, 2.75) is 6.04 Å². The molecule has 7 nitrogen and oxygen atoms in total. The maximum absolute atomic E-state index is 13.2. The summed E-state index contributed by atoms with van der Waals surface area (Å²) in [5, 5.41) is 11.4. The van der Waals surface area contributed by atoms with E-state index in [-0.39, 0.29) is 11.3 Å². The van der Waals surface area contributed by atoms with Crippen LogP contribution in [0.25, 0.3) is 16.0 Å². The van der Waals surface area contributed by atoms with Crippen molar-refractivity contribution in [3.63, 3.8) is 0 Å². The monoisotopic (exact) mass is 443 g/mol. The molecule has 1 fully saturated rings. The summed E-state index contributed by atoms with van der Waals surface area (Å²) in [4.78, 5) is 36.3. The van der Waals surface area contributed by atoms with E-state index in [1.807, 2.05) is 36.4 Å². The molecule has 0 aliphatic carbocycles. The number of rotatable bonds is 4. The minimum atomic E-state index is -0.820. The summed E-state index contributed by atoms with van der Waals surface area (Å²) in [6, 6.07) is 17.0. The van der Waals surface area contributed by atoms with E-state index in [0.717, 1.165) is 4.70 Å². The van der Waals surface area contributed by atoms with Gasteiger partial charge in [-0.2, -0.15) is 0 Å². The number of aromatic nitrogens is 2. The molecule has 2 aromatic carbocycles. The second-order valence-corrected chi connectivity index (χ2v) is 8.16. The molecule has 1 saturated heterocycles. The zero-order valence-corrected chi connectivity index (χ0v) is 17.7. The fraction of sp³-hybridized carbons (Fsp3) is 0.0833. The van der Waals surface area contributed by atoms with E-state index in [2.05, 4.69) is 9.97 Å². The van der Waals surface area contributed by atoms with Crippen molar-refractivity contribution >= 4 is 44.1 Å². The van der Waals surface area contributed by atoms with Crippen LogP contribution in [0, 0.1) is 0 Å². The number of hydrogen-bond acceptors (Lipinski definition) is 7. The SMILES string of the molecule is COc1ccc2nc(N3C(=O)C(=O)/C(=C(/O)c4cccnc4)C3c3ccccc3)sc2c1. The molecular weight excluding hydrogens is 426 g/mol. The van der Waals surface area contributed by atoms with Gasteiger partial charge >= 0.3 is 5.91 Å². The fourth-order valence-electron chi connectivity index (χ4n) is 3.76. The molecule has 1 aliphatic rings. The summed E-state index contributed by atoms with van der Waals surface area (Å²) in [7, 11) is 1.58. The molecule has 3 heterocycles. The first-order valence-electron chi connectivity index (χ1n) is 9.79. The predicted octanol–water partition coefficient (Wildman–Crippen LogP) is 4.33. The third-order valence-corrected chi connectivity index (χ3v) is 6.30. The average Bonchev–Trinajstić information content (AvgIpc) is 3.37. The third-order valence-electron chi connectivity index (χ3n) is 5.29. The second kappa shape index (κ2) is 7.90. The third kappa shape index (κ3) is 3.21. The summed E-state index contributed by atoms with van der Waals surface area (Å²) < 4.78 is 6.10. The quantitative estimate of drug-likeness (QED) is 0.287. The Labute approximate surface area is 187 Å². The Balaban J connectivity index is 1.71. The first kappa shape index (κ1) is 19.9.